The molecule has 5 nitrogen and oxygen atoms in total. The fourth-order valence-corrected chi connectivity index (χ4v) is 3.23. The Morgan fingerprint density at radius 3 is 2.72 bits per heavy atom. The maximum Gasteiger partial charge on any atom is 0.168 e. The molecule has 0 bridgehead atoms. The van der Waals surface area contributed by atoms with Crippen LogP contribution in [-0.4, -0.2) is 32.3 Å². The third-order valence-corrected chi connectivity index (χ3v) is 4.19. The molecule has 0 aromatic carbocycles. The second kappa shape index (κ2) is 4.63. The zero-order valence-corrected chi connectivity index (χ0v) is 11.3. The molecule has 1 aromatic rings. The lowest BCUT2D eigenvalue weighted by Gasteiger charge is -2.26. The van der Waals surface area contributed by atoms with Crippen molar-refractivity contribution in [2.75, 3.05) is 6.54 Å². The minimum Gasteiger partial charge on any atom is -0.321 e. The molecule has 1 aromatic heterocycles. The zero-order valence-electron chi connectivity index (χ0n) is 11.3. The number of fused-ring (bicyclic) bond motifs is 1. The summed E-state index contributed by atoms with van der Waals surface area (Å²) in [5.41, 5.74) is 6.12. The Kier molecular flexibility index (Phi) is 3.11. The molecular weight excluding hydrogens is 226 g/mol. The number of aromatic nitrogens is 3. The first kappa shape index (κ1) is 12.1. The molecule has 1 fully saturated rings. The van der Waals surface area contributed by atoms with E-state index in [2.05, 4.69) is 18.7 Å². The van der Waals surface area contributed by atoms with Crippen molar-refractivity contribution in [1.82, 2.24) is 19.7 Å². The van der Waals surface area contributed by atoms with Crippen LogP contribution >= 0.6 is 0 Å². The van der Waals surface area contributed by atoms with Crippen LogP contribution in [0.5, 0.6) is 0 Å². The molecule has 2 atom stereocenters. The van der Waals surface area contributed by atoms with Gasteiger partial charge in [0.05, 0.1) is 12.1 Å². The van der Waals surface area contributed by atoms with Crippen molar-refractivity contribution < 1.29 is 0 Å². The molecule has 2 unspecified atom stereocenters. The lowest BCUT2D eigenvalue weighted by molar-refractivity contribution is 0.198. The molecule has 0 saturated carbocycles. The topological polar surface area (TPSA) is 60.0 Å². The molecule has 2 aliphatic rings. The Labute approximate surface area is 108 Å². The van der Waals surface area contributed by atoms with Gasteiger partial charge in [-0.05, 0) is 46.1 Å². The monoisotopic (exact) mass is 249 g/mol. The largest absolute Gasteiger partial charge is 0.321 e. The first-order chi connectivity index (χ1) is 8.66. The molecule has 0 spiro atoms. The summed E-state index contributed by atoms with van der Waals surface area (Å²) in [6, 6.07) is 1.04. The maximum absolute atomic E-state index is 6.12. The smallest absolute Gasteiger partial charge is 0.168 e. The average Bonchev–Trinajstić information content (AvgIpc) is 2.95. The molecule has 1 saturated heterocycles. The quantitative estimate of drug-likeness (QED) is 0.865. The minimum atomic E-state index is 0.0777. The summed E-state index contributed by atoms with van der Waals surface area (Å²) >= 11 is 0. The third-order valence-electron chi connectivity index (χ3n) is 4.19. The molecule has 0 amide bonds. The molecular formula is C13H23N5. The molecule has 5 heteroatoms. The Morgan fingerprint density at radius 2 is 2.00 bits per heavy atom. The van der Waals surface area contributed by atoms with Crippen molar-refractivity contribution in [3.63, 3.8) is 0 Å². The molecule has 3 heterocycles. The van der Waals surface area contributed by atoms with Gasteiger partial charge < -0.3 is 5.73 Å². The molecule has 0 aliphatic carbocycles. The van der Waals surface area contributed by atoms with Gasteiger partial charge in [-0.2, -0.15) is 5.10 Å². The number of likely N-dealkylation sites (tertiary alicyclic amines) is 1. The van der Waals surface area contributed by atoms with E-state index in [9.17, 15) is 0 Å². The van der Waals surface area contributed by atoms with Crippen LogP contribution in [-0.2, 0) is 6.54 Å². The van der Waals surface area contributed by atoms with Gasteiger partial charge in [0.1, 0.15) is 5.82 Å². The molecule has 100 valence electrons. The highest BCUT2D eigenvalue weighted by molar-refractivity contribution is 5.06. The van der Waals surface area contributed by atoms with Crippen molar-refractivity contribution in [2.24, 2.45) is 5.73 Å². The Morgan fingerprint density at radius 1 is 1.22 bits per heavy atom. The predicted octanol–water partition coefficient (Wildman–Crippen LogP) is 1.62. The van der Waals surface area contributed by atoms with Crippen LogP contribution in [0.25, 0.3) is 0 Å². The van der Waals surface area contributed by atoms with Crippen LogP contribution in [0.15, 0.2) is 0 Å². The highest BCUT2D eigenvalue weighted by atomic mass is 15.4. The summed E-state index contributed by atoms with van der Waals surface area (Å²) in [4.78, 5) is 7.24. The van der Waals surface area contributed by atoms with Crippen molar-refractivity contribution in [1.29, 1.82) is 0 Å². The number of rotatable bonds is 2. The second-order valence-electron chi connectivity index (χ2n) is 5.79. The third kappa shape index (κ3) is 1.95. The standard InChI is InChI=1S/C13H23N5/c1-9(2)17-7-4-6-11(17)12-15-13-10(14)5-3-8-18(13)16-12/h9-11H,3-8,14H2,1-2H3. The van der Waals surface area contributed by atoms with Crippen LogP contribution in [0.2, 0.25) is 0 Å². The highest BCUT2D eigenvalue weighted by Gasteiger charge is 2.32. The van der Waals surface area contributed by atoms with Crippen LogP contribution in [0.4, 0.5) is 0 Å². The summed E-state index contributed by atoms with van der Waals surface area (Å²) in [5.74, 6) is 1.99. The van der Waals surface area contributed by atoms with Gasteiger partial charge in [0.2, 0.25) is 0 Å². The van der Waals surface area contributed by atoms with E-state index in [0.717, 1.165) is 37.6 Å². The van der Waals surface area contributed by atoms with E-state index in [1.807, 2.05) is 4.68 Å². The summed E-state index contributed by atoms with van der Waals surface area (Å²) < 4.78 is 2.03. The molecule has 0 radical (unpaired) electrons. The van der Waals surface area contributed by atoms with Crippen LogP contribution in [0.1, 0.15) is 63.3 Å². The molecule has 18 heavy (non-hydrogen) atoms. The SMILES string of the molecule is CC(C)N1CCCC1c1nc2n(n1)CCCC2N. The minimum absolute atomic E-state index is 0.0777. The molecule has 2 N–H and O–H groups in total. The number of nitrogens with zero attached hydrogens (tertiary/aromatic N) is 4. The van der Waals surface area contributed by atoms with Gasteiger partial charge in [-0.1, -0.05) is 0 Å². The Balaban J connectivity index is 1.88. The maximum atomic E-state index is 6.12. The van der Waals surface area contributed by atoms with Crippen molar-refractivity contribution in [3.8, 4) is 0 Å². The molecule has 3 rings (SSSR count). The van der Waals surface area contributed by atoms with Gasteiger partial charge in [0.15, 0.2) is 5.82 Å². The van der Waals surface area contributed by atoms with E-state index in [1.54, 1.807) is 0 Å². The lowest BCUT2D eigenvalue weighted by atomic mass is 10.1. The number of hydrogen-bond acceptors (Lipinski definition) is 4. The van der Waals surface area contributed by atoms with Gasteiger partial charge in [-0.15, -0.1) is 0 Å². The fourth-order valence-electron chi connectivity index (χ4n) is 3.23. The summed E-state index contributed by atoms with van der Waals surface area (Å²) in [5, 5.41) is 4.70. The number of nitrogens with two attached hydrogens (primary N) is 1. The van der Waals surface area contributed by atoms with E-state index < -0.39 is 0 Å². The van der Waals surface area contributed by atoms with Gasteiger partial charge in [-0.3, -0.25) is 4.90 Å². The van der Waals surface area contributed by atoms with Crippen LogP contribution < -0.4 is 5.73 Å². The van der Waals surface area contributed by atoms with E-state index in [0.29, 0.717) is 12.1 Å². The Bertz CT molecular complexity index is 425. The predicted molar refractivity (Wildman–Crippen MR) is 70.0 cm³/mol. The van der Waals surface area contributed by atoms with Crippen molar-refractivity contribution >= 4 is 0 Å². The van der Waals surface area contributed by atoms with E-state index in [-0.39, 0.29) is 6.04 Å². The normalized spacial score (nSPS) is 28.9. The summed E-state index contributed by atoms with van der Waals surface area (Å²) in [7, 11) is 0. The second-order valence-corrected chi connectivity index (χ2v) is 5.79. The fraction of sp³-hybridized carbons (Fsp3) is 0.846. The van der Waals surface area contributed by atoms with Gasteiger partial charge in [-0.25, -0.2) is 9.67 Å². The Hall–Kier alpha value is -0.940. The van der Waals surface area contributed by atoms with Gasteiger partial charge in [0.25, 0.3) is 0 Å². The summed E-state index contributed by atoms with van der Waals surface area (Å²) in [6.45, 7) is 6.64. The van der Waals surface area contributed by atoms with Crippen LogP contribution in [0, 0.1) is 0 Å². The number of aryl methyl sites for hydroxylation is 1. The molecule has 2 aliphatic heterocycles. The lowest BCUT2D eigenvalue weighted by Crippen LogP contribution is -2.30. The van der Waals surface area contributed by atoms with E-state index in [1.165, 1.54) is 12.8 Å². The average molecular weight is 249 g/mol. The first-order valence-electron chi connectivity index (χ1n) is 7.13. The van der Waals surface area contributed by atoms with Crippen molar-refractivity contribution in [3.05, 3.63) is 11.6 Å². The first-order valence-corrected chi connectivity index (χ1v) is 7.13. The number of hydrogen-bond donors (Lipinski definition) is 1. The van der Waals surface area contributed by atoms with E-state index >= 15 is 0 Å². The highest BCUT2D eigenvalue weighted by Crippen LogP contribution is 2.33. The van der Waals surface area contributed by atoms with Gasteiger partial charge >= 0.3 is 0 Å². The summed E-state index contributed by atoms with van der Waals surface area (Å²) in [6.07, 6.45) is 4.59. The van der Waals surface area contributed by atoms with Crippen molar-refractivity contribution in [2.45, 2.75) is 64.2 Å². The van der Waals surface area contributed by atoms with Crippen LogP contribution in [0.3, 0.4) is 0 Å². The van der Waals surface area contributed by atoms with Gasteiger partial charge in [0, 0.05) is 12.6 Å². The zero-order chi connectivity index (χ0) is 12.7. The van der Waals surface area contributed by atoms with E-state index in [4.69, 9.17) is 15.8 Å².